The zero-order valence-corrected chi connectivity index (χ0v) is 18.6. The number of unbranched alkanes of at least 4 members (excludes halogenated alkanes) is 3. The van der Waals surface area contributed by atoms with Crippen LogP contribution >= 0.6 is 0 Å². The Morgan fingerprint density at radius 1 is 1.19 bits per heavy atom. The third-order valence-corrected chi connectivity index (χ3v) is 5.48. The molecule has 1 fully saturated rings. The van der Waals surface area contributed by atoms with Gasteiger partial charge in [0.05, 0.1) is 6.61 Å². The lowest BCUT2D eigenvalue weighted by Gasteiger charge is -2.33. The van der Waals surface area contributed by atoms with Crippen LogP contribution in [0.5, 0.6) is 0 Å². The third kappa shape index (κ3) is 12.0. The van der Waals surface area contributed by atoms with Gasteiger partial charge in [-0.25, -0.2) is 10.1 Å². The third-order valence-electron chi connectivity index (χ3n) is 5.48. The maximum absolute atomic E-state index is 12.7. The van der Waals surface area contributed by atoms with Crippen LogP contribution in [-0.2, 0) is 14.3 Å². The Morgan fingerprint density at radius 2 is 1.87 bits per heavy atom. The van der Waals surface area contributed by atoms with Crippen molar-refractivity contribution in [2.45, 2.75) is 77.2 Å². The normalized spacial score (nSPS) is 15.2. The van der Waals surface area contributed by atoms with Crippen molar-refractivity contribution >= 4 is 17.8 Å². The van der Waals surface area contributed by atoms with Crippen LogP contribution in [0.1, 0.15) is 71.1 Å². The molecule has 0 aliphatic carbocycles. The Bertz CT molecular complexity index is 589. The molecular weight excluding hydrogens is 404 g/mol. The molecule has 0 bridgehead atoms. The van der Waals surface area contributed by atoms with E-state index < -0.39 is 11.1 Å². The standard InChI is InChI=1S/C20H38N6O5/c1-2-31-18(27)10-6-4-3-5-8-16-11-14-25(15-12-16)19(28)17(24-26(29)30)9-7-13-23-20(21)22/h16-17,24H,2-15H2,1H3,(H4,21,22,23)/t17-/m0/s1. The van der Waals surface area contributed by atoms with Gasteiger partial charge in [-0.1, -0.05) is 25.7 Å². The van der Waals surface area contributed by atoms with Gasteiger partial charge in [-0.15, -0.1) is 5.43 Å². The molecule has 0 aromatic carbocycles. The zero-order valence-electron chi connectivity index (χ0n) is 18.6. The number of hydrogen-bond donors (Lipinski definition) is 3. The highest BCUT2D eigenvalue weighted by molar-refractivity contribution is 5.81. The molecule has 178 valence electrons. The fourth-order valence-electron chi connectivity index (χ4n) is 3.83. The number of esters is 1. The number of likely N-dealkylation sites (tertiary alicyclic amines) is 1. The first-order valence-electron chi connectivity index (χ1n) is 11.2. The van der Waals surface area contributed by atoms with Crippen LogP contribution < -0.4 is 16.9 Å². The van der Waals surface area contributed by atoms with Gasteiger partial charge >= 0.3 is 5.97 Å². The number of nitrogens with one attached hydrogen (secondary N) is 1. The van der Waals surface area contributed by atoms with Crippen LogP contribution in [0.4, 0.5) is 0 Å². The zero-order chi connectivity index (χ0) is 23.1. The summed E-state index contributed by atoms with van der Waals surface area (Å²) in [5.74, 6) is 0.170. The molecule has 11 nitrogen and oxygen atoms in total. The Kier molecular flexibility index (Phi) is 13.0. The first-order chi connectivity index (χ1) is 14.8. The van der Waals surface area contributed by atoms with Crippen molar-refractivity contribution in [3.05, 3.63) is 10.1 Å². The van der Waals surface area contributed by atoms with E-state index in [2.05, 4.69) is 10.4 Å². The Labute approximate surface area is 184 Å². The molecule has 0 spiro atoms. The van der Waals surface area contributed by atoms with E-state index in [1.54, 1.807) is 4.90 Å². The second-order valence-electron chi connectivity index (χ2n) is 7.91. The van der Waals surface area contributed by atoms with E-state index in [0.29, 0.717) is 51.4 Å². The van der Waals surface area contributed by atoms with Gasteiger partial charge < -0.3 is 21.1 Å². The van der Waals surface area contributed by atoms with Gasteiger partial charge in [0, 0.05) is 26.1 Å². The highest BCUT2D eigenvalue weighted by Gasteiger charge is 2.30. The molecule has 1 heterocycles. The van der Waals surface area contributed by atoms with Crippen molar-refractivity contribution in [2.24, 2.45) is 22.4 Å². The van der Waals surface area contributed by atoms with Gasteiger partial charge in [0.15, 0.2) is 17.0 Å². The maximum atomic E-state index is 12.7. The van der Waals surface area contributed by atoms with Crippen LogP contribution in [-0.4, -0.2) is 60.1 Å². The Morgan fingerprint density at radius 3 is 2.48 bits per heavy atom. The summed E-state index contributed by atoms with van der Waals surface area (Å²) in [6.45, 7) is 3.81. The van der Waals surface area contributed by atoms with Crippen molar-refractivity contribution < 1.29 is 19.4 Å². The summed E-state index contributed by atoms with van der Waals surface area (Å²) in [6, 6.07) is -0.875. The van der Waals surface area contributed by atoms with Crippen molar-refractivity contribution in [3.63, 3.8) is 0 Å². The average molecular weight is 443 g/mol. The quantitative estimate of drug-likeness (QED) is 0.0852. The highest BCUT2D eigenvalue weighted by Crippen LogP contribution is 2.24. The highest BCUT2D eigenvalue weighted by atomic mass is 16.7. The number of ether oxygens (including phenoxy) is 1. The minimum Gasteiger partial charge on any atom is -0.466 e. The van der Waals surface area contributed by atoms with E-state index in [1.165, 1.54) is 0 Å². The van der Waals surface area contributed by atoms with Gasteiger partial charge in [-0.3, -0.25) is 14.6 Å². The lowest BCUT2D eigenvalue weighted by atomic mass is 9.90. The number of guanidine groups is 1. The molecule has 0 aromatic heterocycles. The van der Waals surface area contributed by atoms with Crippen molar-refractivity contribution in [1.82, 2.24) is 10.3 Å². The molecule has 1 saturated heterocycles. The fraction of sp³-hybridized carbons (Fsp3) is 0.850. The number of aliphatic imine (C=N–C) groups is 1. The van der Waals surface area contributed by atoms with Crippen LogP contribution in [0.25, 0.3) is 0 Å². The molecule has 5 N–H and O–H groups in total. The summed E-state index contributed by atoms with van der Waals surface area (Å²) in [6.07, 6.45) is 8.26. The molecule has 1 aliphatic heterocycles. The summed E-state index contributed by atoms with van der Waals surface area (Å²) < 4.78 is 4.92. The van der Waals surface area contributed by atoms with Crippen LogP contribution in [0, 0.1) is 16.0 Å². The van der Waals surface area contributed by atoms with E-state index in [9.17, 15) is 19.7 Å². The van der Waals surface area contributed by atoms with Gasteiger partial charge in [-0.05, 0) is 44.9 Å². The number of piperidine rings is 1. The molecule has 0 radical (unpaired) electrons. The smallest absolute Gasteiger partial charge is 0.305 e. The minimum absolute atomic E-state index is 0.0359. The summed E-state index contributed by atoms with van der Waals surface area (Å²) in [5, 5.41) is 10.2. The van der Waals surface area contributed by atoms with Crippen molar-refractivity contribution in [1.29, 1.82) is 0 Å². The molecule has 0 unspecified atom stereocenters. The SMILES string of the molecule is CCOC(=O)CCCCCCC1CCN(C(=O)[C@H](CCCN=C(N)N)N[N+](=O)[O-])CC1. The predicted molar refractivity (Wildman–Crippen MR) is 117 cm³/mol. The molecule has 1 rings (SSSR count). The van der Waals surface area contributed by atoms with Crippen LogP contribution in [0.15, 0.2) is 4.99 Å². The first kappa shape index (κ1) is 26.4. The number of rotatable bonds is 15. The molecule has 1 amide bonds. The lowest BCUT2D eigenvalue weighted by molar-refractivity contribution is -0.548. The molecule has 31 heavy (non-hydrogen) atoms. The molecule has 11 heteroatoms. The largest absolute Gasteiger partial charge is 0.466 e. The molecule has 0 aromatic rings. The predicted octanol–water partition coefficient (Wildman–Crippen LogP) is 1.33. The number of hydrazine groups is 1. The van der Waals surface area contributed by atoms with Crippen molar-refractivity contribution in [3.8, 4) is 0 Å². The maximum Gasteiger partial charge on any atom is 0.305 e. The Hall–Kier alpha value is -2.59. The van der Waals surface area contributed by atoms with Crippen LogP contribution in [0.3, 0.4) is 0 Å². The molecule has 1 atom stereocenters. The average Bonchev–Trinajstić information content (AvgIpc) is 2.72. The second kappa shape index (κ2) is 15.2. The van der Waals surface area contributed by atoms with Gasteiger partial charge in [0.2, 0.25) is 0 Å². The van der Waals surface area contributed by atoms with E-state index in [-0.39, 0.29) is 17.8 Å². The second-order valence-corrected chi connectivity index (χ2v) is 7.91. The van der Waals surface area contributed by atoms with E-state index >= 15 is 0 Å². The van der Waals surface area contributed by atoms with E-state index in [0.717, 1.165) is 44.9 Å². The summed E-state index contributed by atoms with van der Waals surface area (Å²) in [5.41, 5.74) is 12.7. The first-order valence-corrected chi connectivity index (χ1v) is 11.2. The van der Waals surface area contributed by atoms with Gasteiger partial charge in [0.1, 0.15) is 0 Å². The van der Waals surface area contributed by atoms with E-state index in [4.69, 9.17) is 16.2 Å². The lowest BCUT2D eigenvalue weighted by Crippen LogP contribution is -2.50. The van der Waals surface area contributed by atoms with E-state index in [1.807, 2.05) is 6.92 Å². The van der Waals surface area contributed by atoms with Gasteiger partial charge in [0.25, 0.3) is 5.91 Å². The number of nitrogens with two attached hydrogens (primary N) is 2. The number of carbonyl (C=O) groups is 2. The topological polar surface area (TPSA) is 166 Å². The minimum atomic E-state index is -0.875. The monoisotopic (exact) mass is 442 g/mol. The molecule has 0 saturated carbocycles. The van der Waals surface area contributed by atoms with Gasteiger partial charge in [-0.2, -0.15) is 0 Å². The number of carbonyl (C=O) groups excluding carboxylic acids is 2. The number of hydrogen-bond acceptors (Lipinski definition) is 6. The fourth-order valence-corrected chi connectivity index (χ4v) is 3.83. The summed E-state index contributed by atoms with van der Waals surface area (Å²) >= 11 is 0. The number of amides is 1. The summed E-state index contributed by atoms with van der Waals surface area (Å²) in [7, 11) is 0. The van der Waals surface area contributed by atoms with Crippen molar-refractivity contribution in [2.75, 3.05) is 26.2 Å². The Balaban J connectivity index is 2.28. The molecular formula is C20H38N6O5. The number of nitrogens with zero attached hydrogens (tertiary/aromatic N) is 3. The van der Waals surface area contributed by atoms with Crippen LogP contribution in [0.2, 0.25) is 0 Å². The number of nitro groups is 1. The molecule has 1 aliphatic rings. The summed E-state index contributed by atoms with van der Waals surface area (Å²) in [4.78, 5) is 40.5.